The molecule has 152 valence electrons. The lowest BCUT2D eigenvalue weighted by molar-refractivity contribution is 0.0824. The predicted octanol–water partition coefficient (Wildman–Crippen LogP) is 3.74. The molecule has 0 aliphatic heterocycles. The van der Waals surface area contributed by atoms with E-state index in [9.17, 15) is 9.90 Å². The molecule has 0 aliphatic rings. The van der Waals surface area contributed by atoms with E-state index in [0.717, 1.165) is 11.1 Å². The number of hydrogen-bond donors (Lipinski definition) is 2. The maximum atomic E-state index is 12.5. The molecule has 0 aliphatic carbocycles. The number of ether oxygens (including phenoxy) is 2. The van der Waals surface area contributed by atoms with Crippen molar-refractivity contribution in [2.75, 3.05) is 14.2 Å². The molecule has 2 N–H and O–H groups in total. The molecule has 1 aromatic heterocycles. The maximum Gasteiger partial charge on any atom is 0.287 e. The van der Waals surface area contributed by atoms with Crippen LogP contribution in [0.1, 0.15) is 40.5 Å². The van der Waals surface area contributed by atoms with Crippen LogP contribution in [0.5, 0.6) is 11.5 Å². The Bertz CT molecular complexity index is 951. The van der Waals surface area contributed by atoms with Crippen LogP contribution in [0.15, 0.2) is 65.1 Å². The van der Waals surface area contributed by atoms with Gasteiger partial charge in [0.15, 0.2) is 5.76 Å². The Hall–Kier alpha value is -3.25. The van der Waals surface area contributed by atoms with Crippen molar-refractivity contribution in [1.82, 2.24) is 5.32 Å². The van der Waals surface area contributed by atoms with Gasteiger partial charge >= 0.3 is 0 Å². The zero-order valence-electron chi connectivity index (χ0n) is 16.7. The van der Waals surface area contributed by atoms with Gasteiger partial charge in [-0.3, -0.25) is 4.79 Å². The molecule has 3 aromatic rings. The van der Waals surface area contributed by atoms with Gasteiger partial charge in [-0.1, -0.05) is 30.3 Å². The highest BCUT2D eigenvalue weighted by molar-refractivity contribution is 5.91. The first-order valence-electron chi connectivity index (χ1n) is 9.35. The van der Waals surface area contributed by atoms with Crippen molar-refractivity contribution in [3.63, 3.8) is 0 Å². The van der Waals surface area contributed by atoms with E-state index in [4.69, 9.17) is 13.9 Å². The monoisotopic (exact) mass is 395 g/mol. The second kappa shape index (κ2) is 9.30. The summed E-state index contributed by atoms with van der Waals surface area (Å²) >= 11 is 0. The van der Waals surface area contributed by atoms with Crippen LogP contribution in [0.4, 0.5) is 0 Å². The lowest BCUT2D eigenvalue weighted by atomic mass is 10.0. The number of carbonyl (C=O) groups is 1. The van der Waals surface area contributed by atoms with Gasteiger partial charge in [0.1, 0.15) is 17.3 Å². The number of rotatable bonds is 8. The molecule has 3 rings (SSSR count). The van der Waals surface area contributed by atoms with Gasteiger partial charge in [0, 0.05) is 12.0 Å². The molecule has 1 heterocycles. The van der Waals surface area contributed by atoms with Gasteiger partial charge < -0.3 is 24.3 Å². The van der Waals surface area contributed by atoms with Crippen LogP contribution < -0.4 is 14.8 Å². The number of benzene rings is 2. The minimum absolute atomic E-state index is 0.189. The predicted molar refractivity (Wildman–Crippen MR) is 109 cm³/mol. The Labute approximate surface area is 170 Å². The van der Waals surface area contributed by atoms with Gasteiger partial charge in [0.05, 0.1) is 26.4 Å². The third-order valence-corrected chi connectivity index (χ3v) is 4.71. The lowest BCUT2D eigenvalue weighted by Gasteiger charge is -2.20. The van der Waals surface area contributed by atoms with E-state index in [1.54, 1.807) is 33.3 Å². The summed E-state index contributed by atoms with van der Waals surface area (Å²) in [6.45, 7) is 1.75. The van der Waals surface area contributed by atoms with Crippen LogP contribution in [0.2, 0.25) is 0 Å². The Morgan fingerprint density at radius 2 is 1.83 bits per heavy atom. The number of furan rings is 1. The summed E-state index contributed by atoms with van der Waals surface area (Å²) in [5, 5.41) is 13.2. The quantitative estimate of drug-likeness (QED) is 0.607. The van der Waals surface area contributed by atoms with Gasteiger partial charge in [0.25, 0.3) is 5.91 Å². The summed E-state index contributed by atoms with van der Waals surface area (Å²) in [5.74, 6) is 1.87. The molecule has 0 saturated carbocycles. The Balaban J connectivity index is 1.67. The average Bonchev–Trinajstić information content (AvgIpc) is 3.22. The standard InChI is InChI=1S/C23H25NO5/c1-15(22(25)16-7-5-4-6-8-16)24-23(26)21-12-10-19(29-21)14-17-13-18(27-2)9-11-20(17)28-3/h4-13,15,22,25H,14H2,1-3H3,(H,24,26)/t15-,22-/m0/s1. The highest BCUT2D eigenvalue weighted by Gasteiger charge is 2.21. The van der Waals surface area contributed by atoms with Crippen LogP contribution in [-0.4, -0.2) is 31.3 Å². The first-order chi connectivity index (χ1) is 14.0. The van der Waals surface area contributed by atoms with Crippen molar-refractivity contribution < 1.29 is 23.8 Å². The molecule has 2 aromatic carbocycles. The number of amides is 1. The van der Waals surface area contributed by atoms with Gasteiger partial charge in [-0.15, -0.1) is 0 Å². The summed E-state index contributed by atoms with van der Waals surface area (Å²) in [5.41, 5.74) is 1.63. The van der Waals surface area contributed by atoms with Gasteiger partial charge in [-0.05, 0) is 42.8 Å². The summed E-state index contributed by atoms with van der Waals surface area (Å²) < 4.78 is 16.4. The minimum atomic E-state index is -0.810. The average molecular weight is 395 g/mol. The first-order valence-corrected chi connectivity index (χ1v) is 9.35. The summed E-state index contributed by atoms with van der Waals surface area (Å²) in [4.78, 5) is 12.5. The number of aliphatic hydroxyl groups is 1. The van der Waals surface area contributed by atoms with Crippen LogP contribution in [0, 0.1) is 0 Å². The second-order valence-electron chi connectivity index (χ2n) is 6.74. The molecule has 1 amide bonds. The SMILES string of the molecule is COc1ccc(OC)c(Cc2ccc(C(=O)N[C@@H](C)[C@H](O)c3ccccc3)o2)c1. The van der Waals surface area contributed by atoms with Crippen molar-refractivity contribution in [3.05, 3.63) is 83.3 Å². The van der Waals surface area contributed by atoms with Crippen LogP contribution in [0.3, 0.4) is 0 Å². The summed E-state index contributed by atoms with van der Waals surface area (Å²) in [6.07, 6.45) is -0.355. The van der Waals surface area contributed by atoms with Crippen LogP contribution >= 0.6 is 0 Å². The Kier molecular flexibility index (Phi) is 6.57. The first kappa shape index (κ1) is 20.5. The molecule has 2 atom stereocenters. The normalized spacial score (nSPS) is 12.8. The van der Waals surface area contributed by atoms with E-state index in [1.165, 1.54) is 0 Å². The third-order valence-electron chi connectivity index (χ3n) is 4.71. The van der Waals surface area contributed by atoms with E-state index in [0.29, 0.717) is 23.7 Å². The van der Waals surface area contributed by atoms with E-state index in [-0.39, 0.29) is 11.7 Å². The number of aliphatic hydroxyl groups excluding tert-OH is 1. The summed E-state index contributed by atoms with van der Waals surface area (Å²) in [6, 6.07) is 17.6. The number of carbonyl (C=O) groups excluding carboxylic acids is 1. The Morgan fingerprint density at radius 1 is 1.07 bits per heavy atom. The number of hydrogen-bond acceptors (Lipinski definition) is 5. The molecule has 0 radical (unpaired) electrons. The molecule has 0 fully saturated rings. The second-order valence-corrected chi connectivity index (χ2v) is 6.74. The largest absolute Gasteiger partial charge is 0.497 e. The highest BCUT2D eigenvalue weighted by Crippen LogP contribution is 2.27. The van der Waals surface area contributed by atoms with E-state index < -0.39 is 12.1 Å². The molecule has 6 heteroatoms. The van der Waals surface area contributed by atoms with E-state index >= 15 is 0 Å². The number of nitrogens with one attached hydrogen (secondary N) is 1. The summed E-state index contributed by atoms with van der Waals surface area (Å²) in [7, 11) is 3.21. The fourth-order valence-electron chi connectivity index (χ4n) is 3.10. The fourth-order valence-corrected chi connectivity index (χ4v) is 3.10. The number of methoxy groups -OCH3 is 2. The van der Waals surface area contributed by atoms with E-state index in [1.807, 2.05) is 48.5 Å². The fraction of sp³-hybridized carbons (Fsp3) is 0.261. The van der Waals surface area contributed by atoms with Gasteiger partial charge in [-0.25, -0.2) is 0 Å². The van der Waals surface area contributed by atoms with Crippen molar-refractivity contribution in [3.8, 4) is 11.5 Å². The molecule has 0 unspecified atom stereocenters. The zero-order chi connectivity index (χ0) is 20.8. The topological polar surface area (TPSA) is 80.9 Å². The van der Waals surface area contributed by atoms with Crippen LogP contribution in [0.25, 0.3) is 0 Å². The van der Waals surface area contributed by atoms with Crippen molar-refractivity contribution in [2.45, 2.75) is 25.5 Å². The van der Waals surface area contributed by atoms with Gasteiger partial charge in [-0.2, -0.15) is 0 Å². The highest BCUT2D eigenvalue weighted by atomic mass is 16.5. The van der Waals surface area contributed by atoms with E-state index in [2.05, 4.69) is 5.32 Å². The zero-order valence-corrected chi connectivity index (χ0v) is 16.7. The smallest absolute Gasteiger partial charge is 0.287 e. The van der Waals surface area contributed by atoms with Crippen molar-refractivity contribution in [2.24, 2.45) is 0 Å². The molecular weight excluding hydrogens is 370 g/mol. The van der Waals surface area contributed by atoms with Crippen molar-refractivity contribution in [1.29, 1.82) is 0 Å². The molecule has 6 nitrogen and oxygen atoms in total. The maximum absolute atomic E-state index is 12.5. The molecule has 0 spiro atoms. The molecular formula is C23H25NO5. The molecule has 0 bridgehead atoms. The lowest BCUT2D eigenvalue weighted by Crippen LogP contribution is -2.36. The van der Waals surface area contributed by atoms with Crippen LogP contribution in [-0.2, 0) is 6.42 Å². The van der Waals surface area contributed by atoms with Gasteiger partial charge in [0.2, 0.25) is 0 Å². The molecule has 0 saturated heterocycles. The molecule has 29 heavy (non-hydrogen) atoms. The van der Waals surface area contributed by atoms with Crippen molar-refractivity contribution >= 4 is 5.91 Å². The third kappa shape index (κ3) is 4.97. The minimum Gasteiger partial charge on any atom is -0.497 e. The Morgan fingerprint density at radius 3 is 2.52 bits per heavy atom.